The number of nitrogens with zero attached hydrogens (tertiary/aromatic N) is 3. The Labute approximate surface area is 175 Å². The number of rotatable bonds is 2. The third kappa shape index (κ3) is 3.70. The highest BCUT2D eigenvalue weighted by Gasteiger charge is 2.46. The van der Waals surface area contributed by atoms with Crippen LogP contribution in [0.15, 0.2) is 50.4 Å². The summed E-state index contributed by atoms with van der Waals surface area (Å²) in [5.74, 6) is -0.872. The van der Waals surface area contributed by atoms with Crippen molar-refractivity contribution in [3.63, 3.8) is 0 Å². The number of amidine groups is 2. The molecule has 1 N–H and O–H groups in total. The Morgan fingerprint density at radius 2 is 1.97 bits per heavy atom. The molecule has 0 fully saturated rings. The summed E-state index contributed by atoms with van der Waals surface area (Å²) >= 11 is 12.3. The molecule has 2 aliphatic rings. The number of nitrogens with one attached hydrogen (secondary N) is 1. The number of aliphatic imine (C=N–C) groups is 1. The van der Waals surface area contributed by atoms with Crippen molar-refractivity contribution in [3.8, 4) is 11.3 Å². The molecule has 12 heteroatoms. The molecule has 2 aliphatic heterocycles. The molecule has 1 aromatic heterocycles. The van der Waals surface area contributed by atoms with Gasteiger partial charge in [-0.25, -0.2) is 0 Å². The van der Waals surface area contributed by atoms with E-state index < -0.39 is 23.0 Å². The maximum absolute atomic E-state index is 12.9. The van der Waals surface area contributed by atoms with Crippen LogP contribution in [0.1, 0.15) is 5.76 Å². The van der Waals surface area contributed by atoms with Crippen LogP contribution in [0.5, 0.6) is 0 Å². The number of alkyl halides is 3. The van der Waals surface area contributed by atoms with E-state index in [9.17, 15) is 18.0 Å². The highest BCUT2D eigenvalue weighted by atomic mass is 35.5. The van der Waals surface area contributed by atoms with Crippen LogP contribution in [0.4, 0.5) is 13.2 Å². The molecule has 0 radical (unpaired) electrons. The molecule has 0 saturated carbocycles. The van der Waals surface area contributed by atoms with Gasteiger partial charge >= 0.3 is 6.18 Å². The lowest BCUT2D eigenvalue weighted by molar-refractivity contribution is -0.114. The van der Waals surface area contributed by atoms with Gasteiger partial charge in [0, 0.05) is 10.6 Å². The number of furan rings is 1. The number of hydrogen-bond donors (Lipinski definition) is 1. The second kappa shape index (κ2) is 7.05. The Kier molecular flexibility index (Phi) is 4.80. The van der Waals surface area contributed by atoms with E-state index in [1.807, 2.05) is 0 Å². The third-order valence-corrected chi connectivity index (χ3v) is 5.32. The minimum atomic E-state index is -4.70. The van der Waals surface area contributed by atoms with Gasteiger partial charge in [-0.2, -0.15) is 28.3 Å². The standard InChI is InChI=1S/C17H7Cl2F3N4O2S/c18-7-1-3-11(19)9(5-7)12-4-2-8(28-12)6-10-13(23)26-16(24-14(10)27)29-15(25-26)17(20,21)22/h1-6,23H. The molecule has 0 aliphatic carbocycles. The van der Waals surface area contributed by atoms with Gasteiger partial charge < -0.3 is 4.42 Å². The molecule has 148 valence electrons. The molecule has 4 rings (SSSR count). The van der Waals surface area contributed by atoms with Gasteiger partial charge in [0.25, 0.3) is 5.91 Å². The third-order valence-electron chi connectivity index (χ3n) is 3.80. The summed E-state index contributed by atoms with van der Waals surface area (Å²) in [5, 5.41) is 11.4. The summed E-state index contributed by atoms with van der Waals surface area (Å²) < 4.78 is 44.2. The normalized spacial score (nSPS) is 18.2. The van der Waals surface area contributed by atoms with Gasteiger partial charge in [-0.05, 0) is 48.2 Å². The Balaban J connectivity index is 1.67. The van der Waals surface area contributed by atoms with Gasteiger partial charge in [0.1, 0.15) is 11.5 Å². The molecule has 0 bridgehead atoms. The quantitative estimate of drug-likeness (QED) is 0.607. The molecule has 0 spiro atoms. The van der Waals surface area contributed by atoms with Crippen molar-refractivity contribution in [3.05, 3.63) is 51.7 Å². The van der Waals surface area contributed by atoms with Gasteiger partial charge in [-0.3, -0.25) is 10.2 Å². The van der Waals surface area contributed by atoms with Crippen molar-refractivity contribution in [1.82, 2.24) is 5.01 Å². The van der Waals surface area contributed by atoms with E-state index in [-0.39, 0.29) is 28.3 Å². The molecule has 1 aromatic carbocycles. The Morgan fingerprint density at radius 3 is 2.69 bits per heavy atom. The Bertz CT molecular complexity index is 1150. The average Bonchev–Trinajstić information content (AvgIpc) is 3.27. The second-order valence-electron chi connectivity index (χ2n) is 5.75. The minimum Gasteiger partial charge on any atom is -0.457 e. The van der Waals surface area contributed by atoms with Crippen LogP contribution in [0.2, 0.25) is 10.0 Å². The van der Waals surface area contributed by atoms with Gasteiger partial charge in [-0.1, -0.05) is 23.2 Å². The Morgan fingerprint density at radius 1 is 1.21 bits per heavy atom. The van der Waals surface area contributed by atoms with Crippen molar-refractivity contribution < 1.29 is 22.4 Å². The SMILES string of the molecule is N=C1C(=Cc2ccc(-c3cc(Cl)ccc3Cl)o2)C(=O)N=C2SC(C(F)(F)F)=NN12. The maximum atomic E-state index is 12.9. The van der Waals surface area contributed by atoms with Gasteiger partial charge in [0.15, 0.2) is 5.84 Å². The van der Waals surface area contributed by atoms with Crippen molar-refractivity contribution in [1.29, 1.82) is 5.41 Å². The number of hydrogen-bond acceptors (Lipinski definition) is 5. The lowest BCUT2D eigenvalue weighted by Crippen LogP contribution is -2.35. The minimum absolute atomic E-state index is 0.176. The lowest BCUT2D eigenvalue weighted by Gasteiger charge is -2.19. The predicted molar refractivity (Wildman–Crippen MR) is 105 cm³/mol. The van der Waals surface area contributed by atoms with Crippen LogP contribution < -0.4 is 0 Å². The zero-order chi connectivity index (χ0) is 20.9. The molecular formula is C17H7Cl2F3N4O2S. The number of hydrazone groups is 1. The molecule has 0 unspecified atom stereocenters. The summed E-state index contributed by atoms with van der Waals surface area (Å²) in [6.45, 7) is 0. The zero-order valence-corrected chi connectivity index (χ0v) is 16.2. The number of fused-ring (bicyclic) bond motifs is 1. The fourth-order valence-corrected chi connectivity index (χ4v) is 3.65. The van der Waals surface area contributed by atoms with E-state index in [2.05, 4.69) is 10.1 Å². The first-order valence-electron chi connectivity index (χ1n) is 7.76. The van der Waals surface area contributed by atoms with Crippen LogP contribution in [-0.2, 0) is 4.79 Å². The fraction of sp³-hybridized carbons (Fsp3) is 0.0588. The van der Waals surface area contributed by atoms with Crippen LogP contribution >= 0.6 is 35.0 Å². The molecule has 2 aromatic rings. The van der Waals surface area contributed by atoms with Crippen molar-refractivity contribution >= 4 is 63.0 Å². The van der Waals surface area contributed by atoms with Gasteiger partial charge in [0.2, 0.25) is 10.2 Å². The van der Waals surface area contributed by atoms with E-state index in [4.69, 9.17) is 33.0 Å². The topological polar surface area (TPSA) is 82.0 Å². The number of thioether (sulfide) groups is 1. The van der Waals surface area contributed by atoms with E-state index in [1.54, 1.807) is 24.3 Å². The first-order chi connectivity index (χ1) is 13.6. The predicted octanol–water partition coefficient (Wildman–Crippen LogP) is 5.43. The molecule has 0 saturated heterocycles. The highest BCUT2D eigenvalue weighted by Crippen LogP contribution is 2.36. The largest absolute Gasteiger partial charge is 0.457 e. The van der Waals surface area contributed by atoms with Gasteiger partial charge in [0.05, 0.1) is 10.6 Å². The van der Waals surface area contributed by atoms with Crippen LogP contribution in [0.25, 0.3) is 17.4 Å². The zero-order valence-electron chi connectivity index (χ0n) is 13.9. The number of benzene rings is 1. The van der Waals surface area contributed by atoms with E-state index in [0.717, 1.165) is 0 Å². The first kappa shape index (κ1) is 19.7. The maximum Gasteiger partial charge on any atom is 0.441 e. The van der Waals surface area contributed by atoms with Crippen molar-refractivity contribution in [2.75, 3.05) is 0 Å². The molecule has 3 heterocycles. The van der Waals surface area contributed by atoms with E-state index >= 15 is 0 Å². The van der Waals surface area contributed by atoms with E-state index in [1.165, 1.54) is 12.1 Å². The lowest BCUT2D eigenvalue weighted by atomic mass is 10.1. The summed E-state index contributed by atoms with van der Waals surface area (Å²) in [5.41, 5.74) is 0.254. The average molecular weight is 459 g/mol. The summed E-state index contributed by atoms with van der Waals surface area (Å²) in [4.78, 5) is 15.8. The number of halogens is 5. The molecule has 0 atom stereocenters. The summed E-state index contributed by atoms with van der Waals surface area (Å²) in [7, 11) is 0. The first-order valence-corrected chi connectivity index (χ1v) is 9.33. The molecule has 1 amide bonds. The number of carbonyl (C=O) groups excluding carboxylic acids is 1. The summed E-state index contributed by atoms with van der Waals surface area (Å²) in [6.07, 6.45) is -3.50. The monoisotopic (exact) mass is 458 g/mol. The number of carbonyl (C=O) groups is 1. The fourth-order valence-electron chi connectivity index (χ4n) is 2.51. The van der Waals surface area contributed by atoms with E-state index in [0.29, 0.717) is 26.4 Å². The highest BCUT2D eigenvalue weighted by molar-refractivity contribution is 8.27. The smallest absolute Gasteiger partial charge is 0.441 e. The summed E-state index contributed by atoms with van der Waals surface area (Å²) in [6, 6.07) is 7.90. The second-order valence-corrected chi connectivity index (χ2v) is 7.55. The molecule has 29 heavy (non-hydrogen) atoms. The Hall–Kier alpha value is -2.56. The van der Waals surface area contributed by atoms with Crippen LogP contribution in [0, 0.1) is 5.41 Å². The molecular weight excluding hydrogens is 452 g/mol. The molecule has 6 nitrogen and oxygen atoms in total. The van der Waals surface area contributed by atoms with Crippen LogP contribution in [-0.4, -0.2) is 33.1 Å². The van der Waals surface area contributed by atoms with Crippen molar-refractivity contribution in [2.45, 2.75) is 6.18 Å². The van der Waals surface area contributed by atoms with Crippen molar-refractivity contribution in [2.24, 2.45) is 10.1 Å². The van der Waals surface area contributed by atoms with Gasteiger partial charge in [-0.15, -0.1) is 0 Å². The van der Waals surface area contributed by atoms with Crippen LogP contribution in [0.3, 0.4) is 0 Å². The number of amides is 1.